The van der Waals surface area contributed by atoms with Crippen molar-refractivity contribution in [2.24, 2.45) is 0 Å². The summed E-state index contributed by atoms with van der Waals surface area (Å²) in [7, 11) is 1.65. The molecule has 2 atom stereocenters. The molecule has 3 heterocycles. The van der Waals surface area contributed by atoms with Gasteiger partial charge in [-0.3, -0.25) is 9.59 Å². The summed E-state index contributed by atoms with van der Waals surface area (Å²) in [4.78, 5) is 34.6. The summed E-state index contributed by atoms with van der Waals surface area (Å²) in [5.41, 5.74) is 3.28. The number of amides is 2. The van der Waals surface area contributed by atoms with E-state index in [1.807, 2.05) is 55.5 Å². The smallest absolute Gasteiger partial charge is 0.254 e. The Labute approximate surface area is 214 Å². The third kappa shape index (κ3) is 3.60. The Hall–Kier alpha value is -4.13. The maximum atomic E-state index is 14.1. The van der Waals surface area contributed by atoms with Crippen molar-refractivity contribution in [3.8, 4) is 5.75 Å². The highest BCUT2D eigenvalue weighted by Crippen LogP contribution is 2.49. The molecule has 0 spiro atoms. The van der Waals surface area contributed by atoms with Crippen LogP contribution in [0.2, 0.25) is 0 Å². The van der Waals surface area contributed by atoms with Crippen molar-refractivity contribution in [3.05, 3.63) is 101 Å². The van der Waals surface area contributed by atoms with Gasteiger partial charge in [-0.25, -0.2) is 4.39 Å². The molecule has 1 fully saturated rings. The molecule has 37 heavy (non-hydrogen) atoms. The van der Waals surface area contributed by atoms with Crippen molar-refractivity contribution in [2.45, 2.75) is 24.8 Å². The molecule has 1 saturated heterocycles. The average molecular weight is 498 g/mol. The number of para-hydroxylation sites is 2. The fourth-order valence-electron chi connectivity index (χ4n) is 6.05. The van der Waals surface area contributed by atoms with E-state index < -0.39 is 5.54 Å². The standard InChI is InChI=1S/C30H28FN3O3/c1-30-28-27(22-11-3-5-12-24(22)32-28)23(21-10-4-6-13-25(21)37-2)17-34(30)26(35)18-33(29(30)36)15-14-19-8-7-9-20(31)16-19/h3-13,16,23,32H,14-15,17-18H2,1-2H3. The molecule has 1 aromatic heterocycles. The SMILES string of the molecule is COc1ccccc1C1CN2C(=O)CN(CCc3cccc(F)c3)C(=O)C2(C)c2[nH]c3ccccc3c21. The van der Waals surface area contributed by atoms with E-state index in [2.05, 4.69) is 11.1 Å². The minimum Gasteiger partial charge on any atom is -0.496 e. The van der Waals surface area contributed by atoms with Crippen LogP contribution in [0, 0.1) is 5.82 Å². The first-order chi connectivity index (χ1) is 17.9. The summed E-state index contributed by atoms with van der Waals surface area (Å²) in [5.74, 6) is 0.0419. The zero-order valence-electron chi connectivity index (χ0n) is 20.8. The van der Waals surface area contributed by atoms with E-state index >= 15 is 0 Å². The van der Waals surface area contributed by atoms with Gasteiger partial charge in [-0.05, 0) is 48.7 Å². The number of carbonyl (C=O) groups is 2. The molecule has 4 aromatic rings. The number of benzene rings is 3. The predicted molar refractivity (Wildman–Crippen MR) is 139 cm³/mol. The van der Waals surface area contributed by atoms with Crippen LogP contribution in [-0.2, 0) is 21.5 Å². The number of piperazine rings is 1. The summed E-state index contributed by atoms with van der Waals surface area (Å²) >= 11 is 0. The lowest BCUT2D eigenvalue weighted by Crippen LogP contribution is -2.67. The molecule has 2 unspecified atom stereocenters. The Balaban J connectivity index is 1.45. The molecule has 1 N–H and O–H groups in total. The molecule has 0 saturated carbocycles. The number of nitrogens with zero attached hydrogens (tertiary/aromatic N) is 2. The molecule has 2 amide bonds. The number of aromatic nitrogens is 1. The van der Waals surface area contributed by atoms with Crippen LogP contribution >= 0.6 is 0 Å². The van der Waals surface area contributed by atoms with Crippen LogP contribution in [0.25, 0.3) is 10.9 Å². The van der Waals surface area contributed by atoms with Crippen molar-refractivity contribution >= 4 is 22.7 Å². The number of rotatable bonds is 5. The van der Waals surface area contributed by atoms with Gasteiger partial charge in [0.05, 0.1) is 19.3 Å². The molecule has 188 valence electrons. The third-order valence-electron chi connectivity index (χ3n) is 7.89. The highest BCUT2D eigenvalue weighted by Gasteiger charge is 2.56. The fourth-order valence-corrected chi connectivity index (χ4v) is 6.05. The number of hydrogen-bond donors (Lipinski definition) is 1. The lowest BCUT2D eigenvalue weighted by atomic mass is 9.76. The predicted octanol–water partition coefficient (Wildman–Crippen LogP) is 4.59. The molecular formula is C30H28FN3O3. The highest BCUT2D eigenvalue weighted by atomic mass is 19.1. The minimum atomic E-state index is -1.18. The number of ether oxygens (including phenoxy) is 1. The molecule has 0 aliphatic carbocycles. The molecule has 2 aliphatic heterocycles. The second kappa shape index (κ2) is 8.76. The maximum Gasteiger partial charge on any atom is 0.254 e. The van der Waals surface area contributed by atoms with Gasteiger partial charge in [0, 0.05) is 35.5 Å². The first kappa shape index (κ1) is 23.3. The zero-order valence-corrected chi connectivity index (χ0v) is 20.8. The quantitative estimate of drug-likeness (QED) is 0.439. The number of fused-ring (bicyclic) bond motifs is 5. The Morgan fingerprint density at radius 1 is 1.05 bits per heavy atom. The molecule has 3 aromatic carbocycles. The van der Waals surface area contributed by atoms with Crippen LogP contribution in [0.5, 0.6) is 5.75 Å². The summed E-state index contributed by atoms with van der Waals surface area (Å²) < 4.78 is 19.4. The van der Waals surface area contributed by atoms with Crippen LogP contribution in [0.3, 0.4) is 0 Å². The molecule has 7 heteroatoms. The summed E-state index contributed by atoms with van der Waals surface area (Å²) in [5, 5.41) is 1.03. The van der Waals surface area contributed by atoms with Gasteiger partial charge in [0.2, 0.25) is 5.91 Å². The number of aromatic amines is 1. The van der Waals surface area contributed by atoms with E-state index in [9.17, 15) is 14.0 Å². The molecular weight excluding hydrogens is 469 g/mol. The van der Waals surface area contributed by atoms with E-state index in [0.717, 1.165) is 39.0 Å². The number of hydrogen-bond acceptors (Lipinski definition) is 3. The van der Waals surface area contributed by atoms with E-state index in [-0.39, 0.29) is 30.1 Å². The first-order valence-electron chi connectivity index (χ1n) is 12.5. The maximum absolute atomic E-state index is 14.1. The largest absolute Gasteiger partial charge is 0.496 e. The van der Waals surface area contributed by atoms with Gasteiger partial charge < -0.3 is 19.5 Å². The molecule has 0 radical (unpaired) electrons. The zero-order chi connectivity index (χ0) is 25.7. The van der Waals surface area contributed by atoms with Gasteiger partial charge in [-0.1, -0.05) is 48.5 Å². The highest BCUT2D eigenvalue weighted by molar-refractivity contribution is 6.01. The second-order valence-corrected chi connectivity index (χ2v) is 9.94. The summed E-state index contributed by atoms with van der Waals surface area (Å²) in [6, 6.07) is 22.2. The molecule has 6 nitrogen and oxygen atoms in total. The Kier molecular flexibility index (Phi) is 5.51. The van der Waals surface area contributed by atoms with E-state index in [0.29, 0.717) is 19.5 Å². The third-order valence-corrected chi connectivity index (χ3v) is 7.89. The normalized spacial score (nSPS) is 21.2. The van der Waals surface area contributed by atoms with Gasteiger partial charge in [-0.15, -0.1) is 0 Å². The number of methoxy groups -OCH3 is 1. The van der Waals surface area contributed by atoms with Gasteiger partial charge in [0.25, 0.3) is 5.91 Å². The number of halogens is 1. The van der Waals surface area contributed by atoms with Crippen molar-refractivity contribution in [1.82, 2.24) is 14.8 Å². The topological polar surface area (TPSA) is 65.6 Å². The Morgan fingerprint density at radius 2 is 1.84 bits per heavy atom. The van der Waals surface area contributed by atoms with Gasteiger partial charge in [0.1, 0.15) is 11.6 Å². The number of H-pyrrole nitrogens is 1. The second-order valence-electron chi connectivity index (χ2n) is 9.94. The Morgan fingerprint density at radius 3 is 2.65 bits per heavy atom. The average Bonchev–Trinajstić information content (AvgIpc) is 3.31. The first-order valence-corrected chi connectivity index (χ1v) is 12.5. The van der Waals surface area contributed by atoms with Crippen molar-refractivity contribution in [1.29, 1.82) is 0 Å². The molecule has 2 aliphatic rings. The summed E-state index contributed by atoms with van der Waals surface area (Å²) in [6.07, 6.45) is 0.469. The van der Waals surface area contributed by atoms with Gasteiger partial charge in [-0.2, -0.15) is 0 Å². The Bertz CT molecular complexity index is 1530. The minimum absolute atomic E-state index is 0.00204. The van der Waals surface area contributed by atoms with E-state index in [1.54, 1.807) is 23.0 Å². The fraction of sp³-hybridized carbons (Fsp3) is 0.267. The van der Waals surface area contributed by atoms with Crippen LogP contribution in [0.1, 0.15) is 35.2 Å². The summed E-state index contributed by atoms with van der Waals surface area (Å²) in [6.45, 7) is 2.54. The van der Waals surface area contributed by atoms with Crippen molar-refractivity contribution in [2.75, 3.05) is 26.7 Å². The van der Waals surface area contributed by atoms with Gasteiger partial charge >= 0.3 is 0 Å². The molecule has 0 bridgehead atoms. The van der Waals surface area contributed by atoms with Crippen molar-refractivity contribution < 1.29 is 18.7 Å². The lowest BCUT2D eigenvalue weighted by molar-refractivity contribution is -0.166. The van der Waals surface area contributed by atoms with E-state index in [1.165, 1.54) is 12.1 Å². The van der Waals surface area contributed by atoms with Crippen LogP contribution in [0.15, 0.2) is 72.8 Å². The molecule has 6 rings (SSSR count). The lowest BCUT2D eigenvalue weighted by Gasteiger charge is -2.51. The van der Waals surface area contributed by atoms with E-state index in [4.69, 9.17) is 4.74 Å². The number of carbonyl (C=O) groups excluding carboxylic acids is 2. The number of nitrogens with one attached hydrogen (secondary N) is 1. The van der Waals surface area contributed by atoms with Crippen LogP contribution < -0.4 is 4.74 Å². The monoisotopic (exact) mass is 497 g/mol. The van der Waals surface area contributed by atoms with Crippen LogP contribution in [0.4, 0.5) is 4.39 Å². The van der Waals surface area contributed by atoms with Crippen molar-refractivity contribution in [3.63, 3.8) is 0 Å². The van der Waals surface area contributed by atoms with Gasteiger partial charge in [0.15, 0.2) is 5.54 Å². The van der Waals surface area contributed by atoms with Crippen LogP contribution in [-0.4, -0.2) is 53.3 Å².